The van der Waals surface area contributed by atoms with Gasteiger partial charge in [0.25, 0.3) is 0 Å². The molecule has 0 bridgehead atoms. The van der Waals surface area contributed by atoms with E-state index in [1.165, 1.54) is 18.3 Å². The van der Waals surface area contributed by atoms with Crippen molar-refractivity contribution >= 4 is 12.0 Å². The molecule has 3 rings (SSSR count). The number of rotatable bonds is 4. The number of H-pyrrole nitrogens is 1. The molecule has 1 unspecified atom stereocenters. The molecule has 4 N–H and O–H groups in total. The van der Waals surface area contributed by atoms with Crippen LogP contribution in [0.2, 0.25) is 0 Å². The van der Waals surface area contributed by atoms with E-state index in [0.29, 0.717) is 25.1 Å². The Balaban J connectivity index is 1.58. The first-order valence-corrected chi connectivity index (χ1v) is 7.91. The van der Waals surface area contributed by atoms with Crippen LogP contribution < -0.4 is 5.32 Å². The molecular formula is C16H19N5O4. The number of carboxylic acid groups (broad SMARTS) is 1. The second kappa shape index (κ2) is 6.89. The van der Waals surface area contributed by atoms with Crippen molar-refractivity contribution in [3.8, 4) is 0 Å². The molecule has 1 aromatic carbocycles. The minimum absolute atomic E-state index is 0.142. The van der Waals surface area contributed by atoms with E-state index in [-0.39, 0.29) is 24.7 Å². The molecule has 2 amide bonds. The molecule has 1 atom stereocenters. The zero-order valence-corrected chi connectivity index (χ0v) is 13.5. The second-order valence-corrected chi connectivity index (χ2v) is 6.07. The number of amides is 2. The summed E-state index contributed by atoms with van der Waals surface area (Å²) in [7, 11) is 0. The zero-order chi connectivity index (χ0) is 17.9. The number of carbonyl (C=O) groups excluding carboxylic acids is 1. The first-order chi connectivity index (χ1) is 12.0. The van der Waals surface area contributed by atoms with E-state index in [1.807, 2.05) is 0 Å². The van der Waals surface area contributed by atoms with Gasteiger partial charge in [-0.25, -0.2) is 9.59 Å². The summed E-state index contributed by atoms with van der Waals surface area (Å²) in [5.41, 5.74) is 0.214. The molecule has 9 heteroatoms. The Morgan fingerprint density at radius 1 is 1.32 bits per heavy atom. The van der Waals surface area contributed by atoms with E-state index in [9.17, 15) is 14.7 Å². The monoisotopic (exact) mass is 345 g/mol. The summed E-state index contributed by atoms with van der Waals surface area (Å²) in [6, 6.07) is 6.02. The number of aromatic carboxylic acids is 1. The third kappa shape index (κ3) is 3.77. The van der Waals surface area contributed by atoms with Crippen LogP contribution >= 0.6 is 0 Å². The molecule has 1 saturated heterocycles. The summed E-state index contributed by atoms with van der Waals surface area (Å²) in [6.45, 7) is 0.963. The number of aromatic nitrogens is 3. The van der Waals surface area contributed by atoms with Crippen LogP contribution in [0, 0.1) is 0 Å². The first-order valence-electron chi connectivity index (χ1n) is 7.91. The average molecular weight is 345 g/mol. The smallest absolute Gasteiger partial charge is 0.335 e. The number of aliphatic hydroxyl groups is 1. The molecule has 1 aliphatic rings. The molecule has 2 heterocycles. The lowest BCUT2D eigenvalue weighted by Gasteiger charge is -2.37. The summed E-state index contributed by atoms with van der Waals surface area (Å²) in [5, 5.41) is 32.5. The third-order valence-electron chi connectivity index (χ3n) is 4.29. The van der Waals surface area contributed by atoms with Crippen molar-refractivity contribution < 1.29 is 19.8 Å². The van der Waals surface area contributed by atoms with Gasteiger partial charge in [-0.15, -0.1) is 0 Å². The fraction of sp³-hybridized carbons (Fsp3) is 0.375. The van der Waals surface area contributed by atoms with Crippen molar-refractivity contribution in [2.45, 2.75) is 25.0 Å². The highest BCUT2D eigenvalue weighted by Gasteiger charge is 2.38. The number of piperidine rings is 1. The summed E-state index contributed by atoms with van der Waals surface area (Å²) in [4.78, 5) is 24.7. The van der Waals surface area contributed by atoms with Gasteiger partial charge in [0.15, 0.2) is 0 Å². The van der Waals surface area contributed by atoms with Crippen molar-refractivity contribution in [2.24, 2.45) is 0 Å². The topological polar surface area (TPSA) is 131 Å². The number of nitrogens with one attached hydrogen (secondary N) is 2. The standard InChI is InChI=1S/C16H19N5O4/c22-14(23)12-4-2-11(3-5-12)8-17-15(24)21-7-1-6-16(25,10-21)13-9-18-20-19-13/h2-5,9,25H,1,6-8,10H2,(H,17,24)(H,22,23)(H,18,19,20). The van der Waals surface area contributed by atoms with Gasteiger partial charge in [-0.2, -0.15) is 15.4 Å². The number of urea groups is 1. The van der Waals surface area contributed by atoms with Gasteiger partial charge in [0, 0.05) is 13.1 Å². The lowest BCUT2D eigenvalue weighted by Crippen LogP contribution is -2.51. The second-order valence-electron chi connectivity index (χ2n) is 6.07. The third-order valence-corrected chi connectivity index (χ3v) is 4.29. The predicted octanol–water partition coefficient (Wildman–Crippen LogP) is 0.696. The van der Waals surface area contributed by atoms with Crippen LogP contribution in [0.5, 0.6) is 0 Å². The predicted molar refractivity (Wildman–Crippen MR) is 86.7 cm³/mol. The highest BCUT2D eigenvalue weighted by atomic mass is 16.4. The number of carboxylic acids is 1. The highest BCUT2D eigenvalue weighted by Crippen LogP contribution is 2.29. The van der Waals surface area contributed by atoms with Gasteiger partial charge in [0.1, 0.15) is 11.3 Å². The van der Waals surface area contributed by atoms with Crippen molar-refractivity contribution in [2.75, 3.05) is 13.1 Å². The van der Waals surface area contributed by atoms with Gasteiger partial charge in [-0.05, 0) is 30.5 Å². The van der Waals surface area contributed by atoms with Crippen LogP contribution in [-0.4, -0.2) is 55.6 Å². The maximum atomic E-state index is 12.4. The van der Waals surface area contributed by atoms with Crippen LogP contribution in [0.1, 0.15) is 34.5 Å². The fourth-order valence-corrected chi connectivity index (χ4v) is 2.90. The van der Waals surface area contributed by atoms with Crippen molar-refractivity contribution in [1.29, 1.82) is 0 Å². The van der Waals surface area contributed by atoms with Crippen LogP contribution in [0.15, 0.2) is 30.5 Å². The van der Waals surface area contributed by atoms with Gasteiger partial charge >= 0.3 is 12.0 Å². The Kier molecular flexibility index (Phi) is 4.66. The summed E-state index contributed by atoms with van der Waals surface area (Å²) in [5.74, 6) is -0.990. The molecular weight excluding hydrogens is 326 g/mol. The minimum Gasteiger partial charge on any atom is -0.478 e. The van der Waals surface area contributed by atoms with Crippen LogP contribution in [0.3, 0.4) is 0 Å². The van der Waals surface area contributed by atoms with E-state index in [2.05, 4.69) is 20.7 Å². The van der Waals surface area contributed by atoms with Crippen LogP contribution in [0.4, 0.5) is 4.79 Å². The molecule has 0 spiro atoms. The van der Waals surface area contributed by atoms with Crippen LogP contribution in [0.25, 0.3) is 0 Å². The zero-order valence-electron chi connectivity index (χ0n) is 13.5. The Hall–Kier alpha value is -2.94. The number of carbonyl (C=O) groups is 2. The van der Waals surface area contributed by atoms with E-state index >= 15 is 0 Å². The Morgan fingerprint density at radius 3 is 2.72 bits per heavy atom. The number of hydrogen-bond donors (Lipinski definition) is 4. The molecule has 0 radical (unpaired) electrons. The summed E-state index contributed by atoms with van der Waals surface area (Å²) < 4.78 is 0. The molecule has 1 fully saturated rings. The Bertz CT molecular complexity index is 746. The minimum atomic E-state index is -1.20. The maximum absolute atomic E-state index is 12.4. The number of β-amino-alcohol motifs (C(OH)–C–C–N with tert-alkyl or cyclic N) is 1. The van der Waals surface area contributed by atoms with E-state index in [0.717, 1.165) is 5.56 Å². The molecule has 1 aliphatic heterocycles. The van der Waals surface area contributed by atoms with Crippen molar-refractivity contribution in [3.63, 3.8) is 0 Å². The number of aromatic amines is 1. The molecule has 9 nitrogen and oxygen atoms in total. The summed E-state index contributed by atoms with van der Waals surface area (Å²) >= 11 is 0. The van der Waals surface area contributed by atoms with Gasteiger partial charge in [-0.1, -0.05) is 12.1 Å². The van der Waals surface area contributed by atoms with Gasteiger partial charge in [-0.3, -0.25) is 0 Å². The van der Waals surface area contributed by atoms with Crippen molar-refractivity contribution in [3.05, 3.63) is 47.3 Å². The molecule has 25 heavy (non-hydrogen) atoms. The molecule has 0 saturated carbocycles. The van der Waals surface area contributed by atoms with Crippen LogP contribution in [-0.2, 0) is 12.1 Å². The number of benzene rings is 1. The SMILES string of the molecule is O=C(O)c1ccc(CNC(=O)N2CCCC(O)(c3cn[nH]n3)C2)cc1. The van der Waals surface area contributed by atoms with Crippen molar-refractivity contribution in [1.82, 2.24) is 25.6 Å². The quantitative estimate of drug-likeness (QED) is 0.645. The first kappa shape index (κ1) is 16.9. The molecule has 1 aromatic heterocycles. The normalized spacial score (nSPS) is 20.3. The molecule has 2 aromatic rings. The average Bonchev–Trinajstić information content (AvgIpc) is 3.15. The summed E-state index contributed by atoms with van der Waals surface area (Å²) in [6.07, 6.45) is 2.63. The number of likely N-dealkylation sites (tertiary alicyclic amines) is 1. The number of nitrogens with zero attached hydrogens (tertiary/aromatic N) is 3. The van der Waals surface area contributed by atoms with E-state index in [4.69, 9.17) is 5.11 Å². The Morgan fingerprint density at radius 2 is 2.08 bits per heavy atom. The fourth-order valence-electron chi connectivity index (χ4n) is 2.90. The lowest BCUT2D eigenvalue weighted by atomic mass is 9.90. The lowest BCUT2D eigenvalue weighted by molar-refractivity contribution is -0.0265. The number of hydrogen-bond acceptors (Lipinski definition) is 5. The van der Waals surface area contributed by atoms with E-state index in [1.54, 1.807) is 17.0 Å². The highest BCUT2D eigenvalue weighted by molar-refractivity contribution is 5.87. The van der Waals surface area contributed by atoms with Gasteiger partial charge in [0.2, 0.25) is 0 Å². The van der Waals surface area contributed by atoms with Gasteiger partial charge < -0.3 is 20.4 Å². The van der Waals surface area contributed by atoms with Gasteiger partial charge in [0.05, 0.1) is 18.3 Å². The maximum Gasteiger partial charge on any atom is 0.335 e. The Labute approximate surface area is 143 Å². The molecule has 0 aliphatic carbocycles. The largest absolute Gasteiger partial charge is 0.478 e. The van der Waals surface area contributed by atoms with E-state index < -0.39 is 11.6 Å². The molecule has 132 valence electrons.